The molecule has 0 fully saturated rings. The lowest BCUT2D eigenvalue weighted by Gasteiger charge is -2.26. The Morgan fingerprint density at radius 3 is 2.70 bits per heavy atom. The largest absolute Gasteiger partial charge is 0.429 e. The Bertz CT molecular complexity index is 689. The molecule has 2 heterocycles. The van der Waals surface area contributed by atoms with E-state index >= 15 is 0 Å². The van der Waals surface area contributed by atoms with Crippen LogP contribution in [-0.2, 0) is 4.79 Å². The van der Waals surface area contributed by atoms with E-state index in [1.165, 1.54) is 5.56 Å². The van der Waals surface area contributed by atoms with Gasteiger partial charge >= 0.3 is 5.91 Å². The minimum absolute atomic E-state index is 0.0743. The number of benzene rings is 1. The van der Waals surface area contributed by atoms with E-state index in [1.807, 2.05) is 38.6 Å². The van der Waals surface area contributed by atoms with Crippen molar-refractivity contribution in [1.29, 1.82) is 0 Å². The minimum atomic E-state index is 0.0743. The van der Waals surface area contributed by atoms with Crippen LogP contribution in [0.25, 0.3) is 6.08 Å². The third-order valence-corrected chi connectivity index (χ3v) is 5.86. The molecule has 0 spiro atoms. The Labute approximate surface area is 127 Å². The molecule has 0 unspecified atom stereocenters. The summed E-state index contributed by atoms with van der Waals surface area (Å²) >= 11 is 3.16. The number of likely N-dealkylation sites (N-methyl/N-ethyl adjacent to an activating group) is 2. The average Bonchev–Trinajstić information content (AvgIpc) is 2.76. The maximum absolute atomic E-state index is 12.4. The van der Waals surface area contributed by atoms with Gasteiger partial charge in [0.15, 0.2) is 4.91 Å². The summed E-state index contributed by atoms with van der Waals surface area (Å²) < 4.78 is 2.75. The first-order chi connectivity index (χ1) is 9.63. The second-order valence-electron chi connectivity index (χ2n) is 4.60. The number of carbonyl (C=O) groups excluding carboxylic acids is 1. The SMILES string of the molecule is CSC1=[N+](C)C(=O)/C(=C2\C=Cc3ccccc3N2C)S1. The number of fused-ring (bicyclic) bond motifs is 1. The molecular formula is C15H15N2OS2+. The number of allylic oxidation sites excluding steroid dienone is 1. The number of thioether (sulfide) groups is 2. The fourth-order valence-corrected chi connectivity index (χ4v) is 4.22. The molecule has 1 aromatic carbocycles. The van der Waals surface area contributed by atoms with Crippen LogP contribution in [0, 0.1) is 0 Å². The third kappa shape index (κ3) is 2.01. The summed E-state index contributed by atoms with van der Waals surface area (Å²) in [4.78, 5) is 15.3. The number of amides is 1. The molecule has 0 radical (unpaired) electrons. The molecule has 0 bridgehead atoms. The van der Waals surface area contributed by atoms with Crippen LogP contribution < -0.4 is 4.90 Å². The number of hydrogen-bond donors (Lipinski definition) is 0. The lowest BCUT2D eigenvalue weighted by atomic mass is 10.1. The molecule has 0 atom stereocenters. The van der Waals surface area contributed by atoms with Gasteiger partial charge < -0.3 is 4.90 Å². The predicted molar refractivity (Wildman–Crippen MR) is 88.2 cm³/mol. The topological polar surface area (TPSA) is 23.3 Å². The lowest BCUT2D eigenvalue weighted by Crippen LogP contribution is -2.22. The quantitative estimate of drug-likeness (QED) is 0.543. The van der Waals surface area contributed by atoms with E-state index in [0.29, 0.717) is 0 Å². The standard InChI is InChI=1S/C15H15N2OS2/c1-16-11-7-5-4-6-10(11)8-9-12(16)13-14(18)17(2)15(19-3)20-13/h4-9H,1-3H3/q+1/b13-12-. The molecular weight excluding hydrogens is 288 g/mol. The monoisotopic (exact) mass is 303 g/mol. The highest BCUT2D eigenvalue weighted by Crippen LogP contribution is 2.38. The van der Waals surface area contributed by atoms with E-state index < -0.39 is 0 Å². The van der Waals surface area contributed by atoms with Gasteiger partial charge in [0.05, 0.1) is 5.70 Å². The molecule has 0 aliphatic carbocycles. The number of para-hydroxylation sites is 1. The van der Waals surface area contributed by atoms with Gasteiger partial charge in [-0.3, -0.25) is 0 Å². The van der Waals surface area contributed by atoms with Gasteiger partial charge in [0, 0.05) is 24.5 Å². The van der Waals surface area contributed by atoms with Crippen molar-refractivity contribution in [2.75, 3.05) is 25.3 Å². The van der Waals surface area contributed by atoms with Gasteiger partial charge in [-0.15, -0.1) is 4.58 Å². The molecule has 102 valence electrons. The molecule has 0 N–H and O–H groups in total. The molecule has 5 heteroatoms. The molecule has 20 heavy (non-hydrogen) atoms. The summed E-state index contributed by atoms with van der Waals surface area (Å²) in [5.74, 6) is 0.0743. The van der Waals surface area contributed by atoms with Crippen LogP contribution in [0.2, 0.25) is 0 Å². The van der Waals surface area contributed by atoms with Gasteiger partial charge in [-0.25, -0.2) is 4.79 Å². The van der Waals surface area contributed by atoms with E-state index in [0.717, 1.165) is 20.7 Å². The second-order valence-corrected chi connectivity index (χ2v) is 6.65. The molecule has 2 aliphatic rings. The lowest BCUT2D eigenvalue weighted by molar-refractivity contribution is -0.406. The molecule has 0 aromatic heterocycles. The predicted octanol–water partition coefficient (Wildman–Crippen LogP) is 3.00. The average molecular weight is 303 g/mol. The van der Waals surface area contributed by atoms with Crippen LogP contribution in [0.15, 0.2) is 40.9 Å². The first-order valence-electron chi connectivity index (χ1n) is 6.25. The molecule has 1 amide bonds. The van der Waals surface area contributed by atoms with E-state index in [9.17, 15) is 4.79 Å². The highest BCUT2D eigenvalue weighted by molar-refractivity contribution is 8.40. The summed E-state index contributed by atoms with van der Waals surface area (Å²) in [6, 6.07) is 8.20. The van der Waals surface area contributed by atoms with Gasteiger partial charge in [-0.05, 0) is 24.0 Å². The Kier molecular flexibility index (Phi) is 3.48. The first kappa shape index (κ1) is 13.5. The van der Waals surface area contributed by atoms with Gasteiger partial charge in [-0.2, -0.15) is 0 Å². The summed E-state index contributed by atoms with van der Waals surface area (Å²) in [6.07, 6.45) is 6.09. The summed E-state index contributed by atoms with van der Waals surface area (Å²) in [7, 11) is 3.84. The summed E-state index contributed by atoms with van der Waals surface area (Å²) in [5, 5.41) is 0. The van der Waals surface area contributed by atoms with E-state index in [1.54, 1.807) is 28.1 Å². The Balaban J connectivity index is 2.06. The van der Waals surface area contributed by atoms with Crippen molar-refractivity contribution < 1.29 is 9.37 Å². The zero-order valence-electron chi connectivity index (χ0n) is 11.6. The maximum atomic E-state index is 12.4. The molecule has 2 aliphatic heterocycles. The van der Waals surface area contributed by atoms with Crippen LogP contribution in [0.1, 0.15) is 5.56 Å². The van der Waals surface area contributed by atoms with Crippen LogP contribution >= 0.6 is 23.5 Å². The molecule has 1 aromatic rings. The van der Waals surface area contributed by atoms with Crippen molar-refractivity contribution in [2.24, 2.45) is 0 Å². The van der Waals surface area contributed by atoms with Gasteiger partial charge in [0.1, 0.15) is 7.05 Å². The molecule has 3 rings (SSSR count). The van der Waals surface area contributed by atoms with E-state index in [2.05, 4.69) is 23.1 Å². The first-order valence-corrected chi connectivity index (χ1v) is 8.29. The van der Waals surface area contributed by atoms with Crippen molar-refractivity contribution in [3.05, 3.63) is 46.5 Å². The Hall–Kier alpha value is -1.46. The van der Waals surface area contributed by atoms with Gasteiger partial charge in [0.25, 0.3) is 4.38 Å². The van der Waals surface area contributed by atoms with Gasteiger partial charge in [0.2, 0.25) is 0 Å². The molecule has 0 saturated carbocycles. The highest BCUT2D eigenvalue weighted by Gasteiger charge is 2.38. The number of carbonyl (C=O) groups is 1. The van der Waals surface area contributed by atoms with E-state index in [-0.39, 0.29) is 5.91 Å². The summed E-state index contributed by atoms with van der Waals surface area (Å²) in [6.45, 7) is 0. The van der Waals surface area contributed by atoms with Crippen molar-refractivity contribution in [3.8, 4) is 0 Å². The van der Waals surface area contributed by atoms with Gasteiger partial charge in [-0.1, -0.05) is 36.0 Å². The smallest absolute Gasteiger partial charge is 0.343 e. The number of nitrogens with zero attached hydrogens (tertiary/aromatic N) is 2. The third-order valence-electron chi connectivity index (χ3n) is 3.45. The Morgan fingerprint density at radius 2 is 2.00 bits per heavy atom. The highest BCUT2D eigenvalue weighted by atomic mass is 32.2. The van der Waals surface area contributed by atoms with Crippen LogP contribution in [0.5, 0.6) is 0 Å². The minimum Gasteiger partial charge on any atom is -0.343 e. The number of hydrogen-bond acceptors (Lipinski definition) is 4. The number of rotatable bonds is 0. The van der Waals surface area contributed by atoms with Crippen molar-refractivity contribution >= 4 is 45.6 Å². The maximum Gasteiger partial charge on any atom is 0.429 e. The van der Waals surface area contributed by atoms with Crippen LogP contribution in [0.4, 0.5) is 5.69 Å². The molecule has 0 saturated heterocycles. The second kappa shape index (κ2) is 5.14. The zero-order chi connectivity index (χ0) is 14.3. The fraction of sp³-hybridized carbons (Fsp3) is 0.200. The van der Waals surface area contributed by atoms with E-state index in [4.69, 9.17) is 0 Å². The zero-order valence-corrected chi connectivity index (χ0v) is 13.2. The molecule has 3 nitrogen and oxygen atoms in total. The fourth-order valence-electron chi connectivity index (χ4n) is 2.35. The summed E-state index contributed by atoms with van der Waals surface area (Å²) in [5.41, 5.74) is 3.28. The number of anilines is 1. The normalized spacial score (nSPS) is 21.8. The van der Waals surface area contributed by atoms with Crippen LogP contribution in [-0.4, -0.2) is 35.2 Å². The van der Waals surface area contributed by atoms with Crippen LogP contribution in [0.3, 0.4) is 0 Å². The van der Waals surface area contributed by atoms with Crippen molar-refractivity contribution in [2.45, 2.75) is 0 Å². The van der Waals surface area contributed by atoms with Crippen molar-refractivity contribution in [3.63, 3.8) is 0 Å². The Morgan fingerprint density at radius 1 is 1.25 bits per heavy atom. The van der Waals surface area contributed by atoms with Crippen molar-refractivity contribution in [1.82, 2.24) is 0 Å².